The second-order valence-electron chi connectivity index (χ2n) is 12.2. The van der Waals surface area contributed by atoms with E-state index in [-0.39, 0.29) is 24.7 Å². The third-order valence-electron chi connectivity index (χ3n) is 7.52. The molecule has 45 heavy (non-hydrogen) atoms. The van der Waals surface area contributed by atoms with Crippen molar-refractivity contribution >= 4 is 40.8 Å². The van der Waals surface area contributed by atoms with Crippen LogP contribution < -0.4 is 10.2 Å². The molecule has 8 nitrogen and oxygen atoms in total. The summed E-state index contributed by atoms with van der Waals surface area (Å²) in [5, 5.41) is 3.75. The van der Waals surface area contributed by atoms with Crippen molar-refractivity contribution in [2.24, 2.45) is 0 Å². The van der Waals surface area contributed by atoms with Gasteiger partial charge in [0.2, 0.25) is 5.91 Å². The predicted molar refractivity (Wildman–Crippen MR) is 180 cm³/mol. The zero-order chi connectivity index (χ0) is 32.4. The van der Waals surface area contributed by atoms with E-state index in [1.165, 1.54) is 11.1 Å². The molecule has 3 aromatic carbocycles. The zero-order valence-electron chi connectivity index (χ0n) is 26.7. The van der Waals surface area contributed by atoms with Gasteiger partial charge in [-0.05, 0) is 87.6 Å². The maximum Gasteiger partial charge on any atom is 0.338 e. The first kappa shape index (κ1) is 34.0. The number of hydrogen-bond donors (Lipinski definition) is 1. The zero-order valence-corrected chi connectivity index (χ0v) is 27.5. The summed E-state index contributed by atoms with van der Waals surface area (Å²) in [4.78, 5) is 42.2. The van der Waals surface area contributed by atoms with E-state index < -0.39 is 11.6 Å². The lowest BCUT2D eigenvalue weighted by Gasteiger charge is -2.37. The lowest BCUT2D eigenvalue weighted by Crippen LogP contribution is -2.46. The van der Waals surface area contributed by atoms with Crippen molar-refractivity contribution in [2.45, 2.75) is 65.5 Å². The van der Waals surface area contributed by atoms with E-state index in [2.05, 4.69) is 51.5 Å². The second kappa shape index (κ2) is 15.9. The van der Waals surface area contributed by atoms with Gasteiger partial charge in [0, 0.05) is 50.6 Å². The van der Waals surface area contributed by atoms with Gasteiger partial charge in [0.15, 0.2) is 0 Å². The number of halogens is 1. The Bertz CT molecular complexity index is 1460. The molecular formula is C36H44ClN3O5. The standard InChI is InChI=1S/C36H44ClN3O5/c1-5-44-34(42)13-9-8-12-33(41)38-31-24-27(35(43)45-36(2,3)4)16-19-32(31)40-22-20-39(21-23-40)25-28-10-6-7-11-30(28)26-14-17-29(37)18-15-26/h6-7,10-11,14-19,24H,5,8-9,12-13,20-23,25H2,1-4H3,(H,38,41). The molecule has 9 heteroatoms. The summed E-state index contributed by atoms with van der Waals surface area (Å²) < 4.78 is 10.6. The van der Waals surface area contributed by atoms with Crippen molar-refractivity contribution in [3.05, 3.63) is 82.9 Å². The van der Waals surface area contributed by atoms with Crippen LogP contribution in [0.3, 0.4) is 0 Å². The maximum atomic E-state index is 13.0. The normalized spacial score (nSPS) is 13.8. The fraction of sp³-hybridized carbons (Fsp3) is 0.417. The molecule has 0 unspecified atom stereocenters. The summed E-state index contributed by atoms with van der Waals surface area (Å²) in [6.45, 7) is 11.6. The molecule has 0 radical (unpaired) electrons. The third kappa shape index (κ3) is 10.3. The first-order valence-electron chi connectivity index (χ1n) is 15.7. The van der Waals surface area contributed by atoms with Crippen molar-refractivity contribution in [3.63, 3.8) is 0 Å². The van der Waals surface area contributed by atoms with E-state index in [4.69, 9.17) is 21.1 Å². The summed E-state index contributed by atoms with van der Waals surface area (Å²) in [6.07, 6.45) is 1.67. The molecule has 1 saturated heterocycles. The Morgan fingerprint density at radius 1 is 0.889 bits per heavy atom. The van der Waals surface area contributed by atoms with Crippen molar-refractivity contribution < 1.29 is 23.9 Å². The van der Waals surface area contributed by atoms with Gasteiger partial charge in [-0.1, -0.05) is 48.0 Å². The summed E-state index contributed by atoms with van der Waals surface area (Å²) >= 11 is 6.12. The van der Waals surface area contributed by atoms with Gasteiger partial charge in [-0.3, -0.25) is 14.5 Å². The molecule has 240 valence electrons. The molecule has 0 aromatic heterocycles. The van der Waals surface area contributed by atoms with Crippen LogP contribution in [0.25, 0.3) is 11.1 Å². The Kier molecular flexibility index (Phi) is 12.0. The minimum atomic E-state index is -0.638. The Balaban J connectivity index is 1.44. The fourth-order valence-corrected chi connectivity index (χ4v) is 5.46. The van der Waals surface area contributed by atoms with Crippen molar-refractivity contribution in [3.8, 4) is 11.1 Å². The SMILES string of the molecule is CCOC(=O)CCCCC(=O)Nc1cc(C(=O)OC(C)(C)C)ccc1N1CCN(Cc2ccccc2-c2ccc(Cl)cc2)CC1. The van der Waals surface area contributed by atoms with Gasteiger partial charge < -0.3 is 19.7 Å². The second-order valence-corrected chi connectivity index (χ2v) is 12.7. The van der Waals surface area contributed by atoms with Gasteiger partial charge in [0.1, 0.15) is 5.60 Å². The van der Waals surface area contributed by atoms with E-state index in [1.54, 1.807) is 19.1 Å². The molecule has 0 spiro atoms. The quantitative estimate of drug-likeness (QED) is 0.165. The van der Waals surface area contributed by atoms with Crippen LogP contribution >= 0.6 is 11.6 Å². The molecule has 1 heterocycles. The molecule has 0 saturated carbocycles. The Labute approximate surface area is 271 Å². The van der Waals surface area contributed by atoms with Gasteiger partial charge in [0.25, 0.3) is 0 Å². The summed E-state index contributed by atoms with van der Waals surface area (Å²) in [6, 6.07) is 21.7. The highest BCUT2D eigenvalue weighted by molar-refractivity contribution is 6.30. The average Bonchev–Trinajstić information content (AvgIpc) is 3.00. The number of ether oxygens (including phenoxy) is 2. The fourth-order valence-electron chi connectivity index (χ4n) is 5.33. The summed E-state index contributed by atoms with van der Waals surface area (Å²) in [7, 11) is 0. The van der Waals surface area contributed by atoms with Crippen LogP contribution in [-0.4, -0.2) is 61.1 Å². The first-order valence-corrected chi connectivity index (χ1v) is 16.0. The summed E-state index contributed by atoms with van der Waals surface area (Å²) in [5.74, 6) is -0.861. The van der Waals surface area contributed by atoms with E-state index >= 15 is 0 Å². The van der Waals surface area contributed by atoms with Crippen molar-refractivity contribution in [1.82, 2.24) is 4.90 Å². The van der Waals surface area contributed by atoms with Crippen molar-refractivity contribution in [1.29, 1.82) is 0 Å². The van der Waals surface area contributed by atoms with Crippen molar-refractivity contribution in [2.75, 3.05) is 43.0 Å². The molecule has 1 aliphatic heterocycles. The van der Waals surface area contributed by atoms with Crippen LogP contribution in [0.4, 0.5) is 11.4 Å². The van der Waals surface area contributed by atoms with E-state index in [0.29, 0.717) is 30.7 Å². The third-order valence-corrected chi connectivity index (χ3v) is 7.78. The number of anilines is 2. The first-order chi connectivity index (χ1) is 21.5. The molecular weight excluding hydrogens is 590 g/mol. The van der Waals surface area contributed by atoms with Crippen LogP contribution in [0.5, 0.6) is 0 Å². The number of unbranched alkanes of at least 4 members (excludes halogenated alkanes) is 1. The van der Waals surface area contributed by atoms with E-state index in [1.807, 2.05) is 39.0 Å². The maximum absolute atomic E-state index is 13.0. The number of carbonyl (C=O) groups is 3. The number of carbonyl (C=O) groups excluding carboxylic acids is 3. The van der Waals surface area contributed by atoms with Crippen LogP contribution in [-0.2, 0) is 25.6 Å². The number of piperazine rings is 1. The van der Waals surface area contributed by atoms with Crippen LogP contribution in [0.1, 0.15) is 69.3 Å². The molecule has 0 aliphatic carbocycles. The molecule has 1 fully saturated rings. The molecule has 1 amide bonds. The van der Waals surface area contributed by atoms with Crippen LogP contribution in [0.2, 0.25) is 5.02 Å². The van der Waals surface area contributed by atoms with Crippen LogP contribution in [0, 0.1) is 0 Å². The van der Waals surface area contributed by atoms with Crippen LogP contribution in [0.15, 0.2) is 66.7 Å². The topological polar surface area (TPSA) is 88.2 Å². The van der Waals surface area contributed by atoms with E-state index in [9.17, 15) is 14.4 Å². The summed E-state index contributed by atoms with van der Waals surface area (Å²) in [5.41, 5.74) is 4.77. The number of esters is 2. The molecule has 1 aliphatic rings. The largest absolute Gasteiger partial charge is 0.466 e. The monoisotopic (exact) mass is 633 g/mol. The highest BCUT2D eigenvalue weighted by Gasteiger charge is 2.24. The molecule has 3 aromatic rings. The minimum Gasteiger partial charge on any atom is -0.466 e. The van der Waals surface area contributed by atoms with Gasteiger partial charge in [-0.25, -0.2) is 4.79 Å². The number of hydrogen-bond acceptors (Lipinski definition) is 7. The number of benzene rings is 3. The number of nitrogens with zero attached hydrogens (tertiary/aromatic N) is 2. The number of nitrogens with one attached hydrogen (secondary N) is 1. The van der Waals surface area contributed by atoms with Gasteiger partial charge >= 0.3 is 11.9 Å². The average molecular weight is 634 g/mol. The van der Waals surface area contributed by atoms with E-state index in [0.717, 1.165) is 49.0 Å². The lowest BCUT2D eigenvalue weighted by atomic mass is 9.99. The van der Waals surface area contributed by atoms with Gasteiger partial charge in [0.05, 0.1) is 23.5 Å². The highest BCUT2D eigenvalue weighted by Crippen LogP contribution is 2.31. The van der Waals surface area contributed by atoms with Gasteiger partial charge in [-0.2, -0.15) is 0 Å². The predicted octanol–water partition coefficient (Wildman–Crippen LogP) is 7.35. The Morgan fingerprint density at radius 2 is 1.58 bits per heavy atom. The molecule has 0 bridgehead atoms. The molecule has 1 N–H and O–H groups in total. The number of amides is 1. The number of rotatable bonds is 12. The minimum absolute atomic E-state index is 0.168. The molecule has 4 rings (SSSR count). The highest BCUT2D eigenvalue weighted by atomic mass is 35.5. The Hall–Kier alpha value is -3.88. The molecule has 0 atom stereocenters. The lowest BCUT2D eigenvalue weighted by molar-refractivity contribution is -0.143. The Morgan fingerprint density at radius 3 is 2.27 bits per heavy atom. The smallest absolute Gasteiger partial charge is 0.338 e. The van der Waals surface area contributed by atoms with Gasteiger partial charge in [-0.15, -0.1) is 0 Å².